The standard InChI is InChI=1S/C30H34N.C5H8O2.Ir/c1-19-13-20(2)28-23(18-29(3,4)5)17-26(31-27(28)14-19)22-15-21-11-9-10-12-24(21)25(16-22)30(6,7)8;1-4(6)3-5(2)7;/h9-14,16-17H,18H2,1-8H3;3,6H,1-2H3;/q-1;;/b;4-3-;. The van der Waals surface area contributed by atoms with E-state index in [-0.39, 0.29) is 42.5 Å². The number of aryl methyl sites for hydroxylation is 2. The van der Waals surface area contributed by atoms with Crippen molar-refractivity contribution in [3.05, 3.63) is 88.7 Å². The molecule has 1 radical (unpaired) electrons. The number of aromatic nitrogens is 1. The summed E-state index contributed by atoms with van der Waals surface area (Å²) in [4.78, 5) is 15.2. The molecule has 0 unspecified atom stereocenters. The van der Waals surface area contributed by atoms with E-state index in [0.29, 0.717) is 0 Å². The Labute approximate surface area is 248 Å². The van der Waals surface area contributed by atoms with E-state index >= 15 is 0 Å². The smallest absolute Gasteiger partial charge is 0.155 e. The van der Waals surface area contributed by atoms with Gasteiger partial charge in [0, 0.05) is 37.3 Å². The average molecular weight is 701 g/mol. The van der Waals surface area contributed by atoms with Crippen molar-refractivity contribution in [3.8, 4) is 11.3 Å². The van der Waals surface area contributed by atoms with Crippen LogP contribution in [0.25, 0.3) is 32.9 Å². The molecule has 3 nitrogen and oxygen atoms in total. The van der Waals surface area contributed by atoms with Crippen LogP contribution in [0, 0.1) is 25.3 Å². The Morgan fingerprint density at radius 2 is 1.62 bits per heavy atom. The van der Waals surface area contributed by atoms with Gasteiger partial charge in [-0.25, -0.2) is 0 Å². The summed E-state index contributed by atoms with van der Waals surface area (Å²) < 4.78 is 0. The van der Waals surface area contributed by atoms with Crippen LogP contribution in [0.5, 0.6) is 0 Å². The molecule has 3 aromatic carbocycles. The van der Waals surface area contributed by atoms with E-state index in [1.807, 2.05) is 0 Å². The van der Waals surface area contributed by atoms with Crippen LogP contribution in [0.1, 0.15) is 77.6 Å². The van der Waals surface area contributed by atoms with Gasteiger partial charge >= 0.3 is 0 Å². The van der Waals surface area contributed by atoms with E-state index in [9.17, 15) is 4.79 Å². The second-order valence-corrected chi connectivity index (χ2v) is 12.7. The molecule has 0 saturated heterocycles. The number of fused-ring (bicyclic) bond motifs is 2. The number of aliphatic hydroxyl groups excluding tert-OH is 1. The number of nitrogens with zero attached hydrogens (tertiary/aromatic N) is 1. The maximum atomic E-state index is 10.0. The first-order valence-electron chi connectivity index (χ1n) is 13.3. The van der Waals surface area contributed by atoms with Crippen LogP contribution in [0.3, 0.4) is 0 Å². The maximum absolute atomic E-state index is 10.0. The number of carbonyl (C=O) groups excluding carboxylic acids is 1. The van der Waals surface area contributed by atoms with Gasteiger partial charge in [0.25, 0.3) is 0 Å². The van der Waals surface area contributed by atoms with Crippen molar-refractivity contribution in [3.63, 3.8) is 0 Å². The van der Waals surface area contributed by atoms with Crippen LogP contribution in [-0.2, 0) is 36.7 Å². The minimum absolute atomic E-state index is 0. The van der Waals surface area contributed by atoms with Crippen molar-refractivity contribution >= 4 is 27.5 Å². The predicted octanol–water partition coefficient (Wildman–Crippen LogP) is 9.39. The quantitative estimate of drug-likeness (QED) is 0.132. The van der Waals surface area contributed by atoms with Crippen molar-refractivity contribution < 1.29 is 30.0 Å². The molecular formula is C35H42IrNO2-. The molecule has 39 heavy (non-hydrogen) atoms. The Hall–Kier alpha value is -2.81. The third kappa shape index (κ3) is 8.59. The van der Waals surface area contributed by atoms with Gasteiger partial charge in [0.1, 0.15) is 0 Å². The number of carbonyl (C=O) groups is 1. The summed E-state index contributed by atoms with van der Waals surface area (Å²) in [6.07, 6.45) is 2.18. The van der Waals surface area contributed by atoms with Gasteiger partial charge in [-0.2, -0.15) is 0 Å². The number of hydrogen-bond acceptors (Lipinski definition) is 3. The summed E-state index contributed by atoms with van der Waals surface area (Å²) in [5, 5.41) is 12.1. The molecular weight excluding hydrogens is 659 g/mol. The van der Waals surface area contributed by atoms with Crippen molar-refractivity contribution in [1.29, 1.82) is 0 Å². The first-order valence-corrected chi connectivity index (χ1v) is 13.3. The first-order chi connectivity index (χ1) is 17.5. The van der Waals surface area contributed by atoms with Gasteiger partial charge in [0.05, 0.1) is 11.3 Å². The van der Waals surface area contributed by atoms with Gasteiger partial charge in [-0.1, -0.05) is 82.8 Å². The van der Waals surface area contributed by atoms with Crippen molar-refractivity contribution in [2.45, 2.75) is 81.1 Å². The van der Waals surface area contributed by atoms with Crippen LogP contribution in [0.15, 0.2) is 60.4 Å². The third-order valence-corrected chi connectivity index (χ3v) is 6.32. The summed E-state index contributed by atoms with van der Waals surface area (Å²) in [5.74, 6) is -0.0625. The summed E-state index contributed by atoms with van der Waals surface area (Å²) in [5.41, 5.74) is 8.73. The molecule has 1 N–H and O–H groups in total. The fraction of sp³-hybridized carbons (Fsp3) is 0.371. The van der Waals surface area contributed by atoms with Crippen LogP contribution in [0.4, 0.5) is 0 Å². The summed E-state index contributed by atoms with van der Waals surface area (Å²) >= 11 is 0. The Morgan fingerprint density at radius 3 is 2.15 bits per heavy atom. The number of aliphatic hydroxyl groups is 1. The Balaban J connectivity index is 0.000000592. The zero-order valence-corrected chi connectivity index (χ0v) is 27.4. The monoisotopic (exact) mass is 701 g/mol. The second kappa shape index (κ2) is 12.6. The minimum atomic E-state index is -0.125. The number of rotatable bonds is 3. The topological polar surface area (TPSA) is 50.2 Å². The molecule has 0 atom stereocenters. The predicted molar refractivity (Wildman–Crippen MR) is 162 cm³/mol. The normalized spacial score (nSPS) is 12.1. The van der Waals surface area contributed by atoms with E-state index in [1.54, 1.807) is 0 Å². The molecule has 1 aromatic heterocycles. The van der Waals surface area contributed by atoms with Gasteiger partial charge in [-0.15, -0.1) is 29.1 Å². The molecule has 0 aliphatic carbocycles. The van der Waals surface area contributed by atoms with Crippen molar-refractivity contribution in [2.75, 3.05) is 0 Å². The summed E-state index contributed by atoms with van der Waals surface area (Å²) in [6, 6.07) is 21.4. The Bertz CT molecular complexity index is 1510. The maximum Gasteiger partial charge on any atom is 0.155 e. The first kappa shape index (κ1) is 32.4. The third-order valence-electron chi connectivity index (χ3n) is 6.32. The van der Waals surface area contributed by atoms with E-state index in [1.165, 1.54) is 52.9 Å². The largest absolute Gasteiger partial charge is 0.512 e. The minimum Gasteiger partial charge on any atom is -0.512 e. The summed E-state index contributed by atoms with van der Waals surface area (Å²) in [7, 11) is 0. The van der Waals surface area contributed by atoms with Crippen LogP contribution < -0.4 is 0 Å². The molecule has 4 heteroatoms. The van der Waals surface area contributed by atoms with E-state index in [2.05, 4.69) is 110 Å². The van der Waals surface area contributed by atoms with Crippen molar-refractivity contribution in [2.24, 2.45) is 5.41 Å². The van der Waals surface area contributed by atoms with E-state index in [0.717, 1.165) is 28.6 Å². The Kier molecular flexibility index (Phi) is 10.4. The number of ketones is 1. The zero-order chi connectivity index (χ0) is 28.4. The van der Waals surface area contributed by atoms with Gasteiger partial charge in [-0.3, -0.25) is 9.78 Å². The molecule has 1 heterocycles. The second-order valence-electron chi connectivity index (χ2n) is 12.7. The summed E-state index contributed by atoms with van der Waals surface area (Å²) in [6.45, 7) is 21.0. The average Bonchev–Trinajstić information content (AvgIpc) is 2.75. The van der Waals surface area contributed by atoms with Crippen LogP contribution in [0.2, 0.25) is 0 Å². The fourth-order valence-electron chi connectivity index (χ4n) is 4.98. The van der Waals surface area contributed by atoms with Gasteiger partial charge in [-0.05, 0) is 67.7 Å². The number of pyridine rings is 1. The van der Waals surface area contributed by atoms with Crippen LogP contribution >= 0.6 is 0 Å². The van der Waals surface area contributed by atoms with Crippen molar-refractivity contribution in [1.82, 2.24) is 4.98 Å². The molecule has 4 rings (SSSR count). The molecule has 0 fully saturated rings. The molecule has 0 aliphatic rings. The molecule has 4 aromatic rings. The van der Waals surface area contributed by atoms with E-state index < -0.39 is 0 Å². The molecule has 0 saturated carbocycles. The number of benzene rings is 3. The molecule has 0 spiro atoms. The SMILES string of the molecule is CC(=O)/C=C(/C)O.Cc1cc(C)c2c(CC(C)(C)C)cc(-c3[c-]c4ccccc4c(C(C)(C)C)c3)nc2c1.[Ir]. The molecule has 0 amide bonds. The fourth-order valence-corrected chi connectivity index (χ4v) is 4.98. The Morgan fingerprint density at radius 1 is 0.974 bits per heavy atom. The molecule has 209 valence electrons. The van der Waals surface area contributed by atoms with Gasteiger partial charge < -0.3 is 5.11 Å². The van der Waals surface area contributed by atoms with E-state index in [4.69, 9.17) is 10.1 Å². The number of hydrogen-bond donors (Lipinski definition) is 1. The van der Waals surface area contributed by atoms with Gasteiger partial charge in [0.15, 0.2) is 5.78 Å². The zero-order valence-electron chi connectivity index (χ0n) is 25.0. The number of allylic oxidation sites excluding steroid dienone is 2. The van der Waals surface area contributed by atoms with Gasteiger partial charge in [0.2, 0.25) is 0 Å². The van der Waals surface area contributed by atoms with Crippen LogP contribution in [-0.4, -0.2) is 15.9 Å². The molecule has 0 aliphatic heterocycles. The molecule has 0 bridgehead atoms.